The summed E-state index contributed by atoms with van der Waals surface area (Å²) >= 11 is -1.61. The van der Waals surface area contributed by atoms with Crippen LogP contribution in [-0.4, -0.2) is 10.1 Å². The molecule has 0 unspecified atom stereocenters. The summed E-state index contributed by atoms with van der Waals surface area (Å²) in [5.41, 5.74) is 2.66. The van der Waals surface area contributed by atoms with Crippen molar-refractivity contribution in [1.29, 1.82) is 0 Å². The average Bonchev–Trinajstić information content (AvgIpc) is 2.40. The Morgan fingerprint density at radius 1 is 1.31 bits per heavy atom. The van der Waals surface area contributed by atoms with E-state index in [-0.39, 0.29) is 12.8 Å². The smallest absolute Gasteiger partial charge is 0.239 e. The third-order valence-electron chi connectivity index (χ3n) is 2.39. The van der Waals surface area contributed by atoms with Crippen molar-refractivity contribution in [2.45, 2.75) is 25.7 Å². The Morgan fingerprint density at radius 3 is 2.38 bits per heavy atom. The maximum absolute atomic E-state index is 12.9. The van der Waals surface area contributed by atoms with Crippen molar-refractivity contribution in [3.63, 3.8) is 0 Å². The molecule has 0 spiro atoms. The average molecular weight is 248 g/mol. The van der Waals surface area contributed by atoms with Gasteiger partial charge in [0.05, 0.1) is 0 Å². The molecule has 0 bridgehead atoms. The van der Waals surface area contributed by atoms with Crippen molar-refractivity contribution < 1.29 is 13.0 Å². The number of benzene rings is 1. The highest BCUT2D eigenvalue weighted by atomic mass is 32.2. The predicted molar refractivity (Wildman–Crippen MR) is 60.1 cm³/mol. The summed E-state index contributed by atoms with van der Waals surface area (Å²) in [6.07, 6.45) is -0.154. The molecule has 1 aliphatic carbocycles. The van der Waals surface area contributed by atoms with Crippen LogP contribution in [0.4, 0.5) is 8.78 Å². The quantitative estimate of drug-likeness (QED) is 0.712. The Hall–Kier alpha value is -0.850. The molecule has 3 nitrogen and oxygen atoms in total. The molecule has 0 saturated heterocycles. The van der Waals surface area contributed by atoms with Crippen LogP contribution in [0.15, 0.2) is 18.2 Å². The minimum Gasteiger partial charge on any atom is -0.239 e. The lowest BCUT2D eigenvalue weighted by atomic mass is 10.1. The van der Waals surface area contributed by atoms with E-state index in [9.17, 15) is 8.78 Å². The summed E-state index contributed by atoms with van der Waals surface area (Å²) in [5, 5.41) is 8.72. The van der Waals surface area contributed by atoms with Gasteiger partial charge in [0.1, 0.15) is 0 Å². The molecule has 0 amide bonds. The molecule has 0 fully saturated rings. The highest BCUT2D eigenvalue weighted by Gasteiger charge is 2.37. The fraction of sp³-hybridized carbons (Fsp3) is 0.400. The molecule has 90 valence electrons. The molecule has 0 atom stereocenters. The van der Waals surface area contributed by atoms with Crippen LogP contribution in [-0.2, 0) is 24.0 Å². The lowest BCUT2D eigenvalue weighted by Crippen LogP contribution is -2.14. The van der Waals surface area contributed by atoms with Gasteiger partial charge in [0, 0.05) is 12.8 Å². The van der Waals surface area contributed by atoms with Crippen LogP contribution in [0.25, 0.3) is 0 Å². The molecule has 16 heavy (non-hydrogen) atoms. The first-order valence-corrected chi connectivity index (χ1v) is 5.95. The molecule has 0 aromatic heterocycles. The van der Waals surface area contributed by atoms with Gasteiger partial charge in [0.15, 0.2) is 11.2 Å². The number of hydrogen-bond donors (Lipinski definition) is 2. The van der Waals surface area contributed by atoms with Gasteiger partial charge in [-0.15, -0.1) is 0 Å². The van der Waals surface area contributed by atoms with Gasteiger partial charge in [-0.3, -0.25) is 0 Å². The normalized spacial score (nSPS) is 16.6. The molecule has 0 aliphatic heterocycles. The number of nitrogens with two attached hydrogens (primary N) is 2. The van der Waals surface area contributed by atoms with Gasteiger partial charge in [-0.2, -0.15) is 0 Å². The number of rotatable bonds is 0. The molecule has 2 rings (SSSR count). The molecule has 1 aromatic rings. The van der Waals surface area contributed by atoms with Crippen LogP contribution in [0.1, 0.15) is 16.7 Å². The second-order valence-corrected chi connectivity index (χ2v) is 4.41. The molecule has 6 heteroatoms. The van der Waals surface area contributed by atoms with Gasteiger partial charge < -0.3 is 0 Å². The van der Waals surface area contributed by atoms with Crippen LogP contribution in [0.2, 0.25) is 0 Å². The molecule has 4 N–H and O–H groups in total. The lowest BCUT2D eigenvalue weighted by molar-refractivity contribution is 0.0129. The fourth-order valence-electron chi connectivity index (χ4n) is 1.78. The van der Waals surface area contributed by atoms with Crippen LogP contribution in [0, 0.1) is 6.92 Å². The Bertz CT molecular complexity index is 406. The summed E-state index contributed by atoms with van der Waals surface area (Å²) in [7, 11) is 0. The van der Waals surface area contributed by atoms with Gasteiger partial charge in [-0.25, -0.2) is 23.3 Å². The summed E-state index contributed by atoms with van der Waals surface area (Å²) in [6, 6.07) is 5.53. The number of hydrogen-bond acceptors (Lipinski definition) is 1. The fourth-order valence-corrected chi connectivity index (χ4v) is 1.78. The van der Waals surface area contributed by atoms with Crippen molar-refractivity contribution in [3.8, 4) is 0 Å². The summed E-state index contributed by atoms with van der Waals surface area (Å²) < 4.78 is 34.9. The van der Waals surface area contributed by atoms with Gasteiger partial charge in [0.2, 0.25) is 0 Å². The first kappa shape index (κ1) is 13.2. The number of fused-ring (bicyclic) bond motifs is 1. The SMILES string of the molecule is Cc1cccc2c1CC(F)(F)C2.NS(N)=O. The van der Waals surface area contributed by atoms with Crippen LogP contribution >= 0.6 is 0 Å². The van der Waals surface area contributed by atoms with Crippen LogP contribution < -0.4 is 10.3 Å². The van der Waals surface area contributed by atoms with Gasteiger partial charge in [-0.1, -0.05) is 18.2 Å². The van der Waals surface area contributed by atoms with Crippen molar-refractivity contribution in [1.82, 2.24) is 0 Å². The monoisotopic (exact) mass is 248 g/mol. The van der Waals surface area contributed by atoms with Crippen molar-refractivity contribution in [3.05, 3.63) is 34.9 Å². The van der Waals surface area contributed by atoms with Gasteiger partial charge >= 0.3 is 0 Å². The largest absolute Gasteiger partial charge is 0.256 e. The number of halogens is 2. The summed E-state index contributed by atoms with van der Waals surface area (Å²) in [4.78, 5) is 0. The zero-order chi connectivity index (χ0) is 12.3. The molecule has 1 aliphatic rings. The molecule has 0 saturated carbocycles. The lowest BCUT2D eigenvalue weighted by Gasteiger charge is -2.04. The Balaban J connectivity index is 0.000000280. The second kappa shape index (κ2) is 4.99. The number of alkyl halides is 2. The minimum atomic E-state index is -2.51. The molecular weight excluding hydrogens is 234 g/mol. The maximum Gasteiger partial charge on any atom is 0.256 e. The van der Waals surface area contributed by atoms with Crippen molar-refractivity contribution >= 4 is 11.2 Å². The van der Waals surface area contributed by atoms with E-state index in [1.54, 1.807) is 6.07 Å². The topological polar surface area (TPSA) is 69.1 Å². The van der Waals surface area contributed by atoms with E-state index in [1.165, 1.54) is 0 Å². The molecule has 0 radical (unpaired) electrons. The van der Waals surface area contributed by atoms with Crippen molar-refractivity contribution in [2.24, 2.45) is 10.3 Å². The first-order chi connectivity index (χ1) is 7.32. The second-order valence-electron chi connectivity index (χ2n) is 3.75. The highest BCUT2D eigenvalue weighted by molar-refractivity contribution is 7.80. The zero-order valence-corrected chi connectivity index (χ0v) is 9.69. The summed E-state index contributed by atoms with van der Waals surface area (Å²) in [6.45, 7) is 1.89. The van der Waals surface area contributed by atoms with E-state index in [2.05, 4.69) is 10.3 Å². The van der Waals surface area contributed by atoms with Crippen LogP contribution in [0.3, 0.4) is 0 Å². The van der Waals surface area contributed by atoms with E-state index in [0.29, 0.717) is 0 Å². The molecule has 1 aromatic carbocycles. The van der Waals surface area contributed by atoms with Crippen molar-refractivity contribution in [2.75, 3.05) is 0 Å². The van der Waals surface area contributed by atoms with Gasteiger partial charge in [-0.05, 0) is 23.6 Å². The first-order valence-electron chi connectivity index (χ1n) is 4.67. The maximum atomic E-state index is 12.9. The third-order valence-corrected chi connectivity index (χ3v) is 2.39. The summed E-state index contributed by atoms with van der Waals surface area (Å²) in [5.74, 6) is -2.51. The Morgan fingerprint density at radius 2 is 1.88 bits per heavy atom. The molecular formula is C10H14F2N2OS. The van der Waals surface area contributed by atoms with Crippen LogP contribution in [0.5, 0.6) is 0 Å². The zero-order valence-electron chi connectivity index (χ0n) is 8.87. The van der Waals surface area contributed by atoms with E-state index in [1.807, 2.05) is 19.1 Å². The minimum absolute atomic E-state index is 0.0744. The van der Waals surface area contributed by atoms with Gasteiger partial charge in [0.25, 0.3) is 5.92 Å². The standard InChI is InChI=1S/C10H10F2.H4N2OS/c1-7-3-2-4-8-5-10(11,12)6-9(7)8;1-4(2)3/h2-4H,5-6H2,1H3;1-2H2. The van der Waals surface area contributed by atoms with E-state index >= 15 is 0 Å². The van der Waals surface area contributed by atoms with E-state index < -0.39 is 17.1 Å². The predicted octanol–water partition coefficient (Wildman–Crippen LogP) is 1.21. The van der Waals surface area contributed by atoms with E-state index in [0.717, 1.165) is 16.7 Å². The Labute approximate surface area is 95.5 Å². The Kier molecular flexibility index (Phi) is 4.12. The molecule has 0 heterocycles. The van der Waals surface area contributed by atoms with E-state index in [4.69, 9.17) is 4.21 Å². The number of aryl methyl sites for hydroxylation is 1. The highest BCUT2D eigenvalue weighted by Crippen LogP contribution is 2.35. The third kappa shape index (κ3) is 3.62.